The van der Waals surface area contributed by atoms with Gasteiger partial charge >= 0.3 is 0 Å². The normalized spacial score (nSPS) is 30.1. The predicted molar refractivity (Wildman–Crippen MR) is 160 cm³/mol. The van der Waals surface area contributed by atoms with E-state index in [0.29, 0.717) is 19.6 Å². The van der Waals surface area contributed by atoms with Crippen LogP contribution in [0.4, 0.5) is 0 Å². The SMILES string of the molecule is C=CCN(Cc1ccccc1)C(=O)[C@@H]1[C@@H]2CC(C)C3(S2)C(C(=O)N(CC=C)C(C)CCC)N([C@H](C)CO)C(=O)[C@H]13. The van der Waals surface area contributed by atoms with Crippen LogP contribution in [-0.4, -0.2) is 85.3 Å². The fourth-order valence-electron chi connectivity index (χ4n) is 7.34. The summed E-state index contributed by atoms with van der Waals surface area (Å²) < 4.78 is -0.722. The van der Waals surface area contributed by atoms with E-state index in [0.717, 1.165) is 24.8 Å². The molecule has 0 radical (unpaired) electrons. The van der Waals surface area contributed by atoms with E-state index in [4.69, 9.17) is 0 Å². The number of thioether (sulfide) groups is 1. The molecule has 0 aliphatic carbocycles. The molecule has 0 saturated carbocycles. The number of amides is 3. The van der Waals surface area contributed by atoms with E-state index in [-0.39, 0.29) is 41.5 Å². The molecule has 4 unspecified atom stereocenters. The quantitative estimate of drug-likeness (QED) is 0.363. The monoisotopic (exact) mass is 567 g/mol. The Bertz CT molecular complexity index is 1110. The Kier molecular flexibility index (Phi) is 9.51. The molecule has 3 aliphatic rings. The van der Waals surface area contributed by atoms with Crippen LogP contribution in [0.3, 0.4) is 0 Å². The van der Waals surface area contributed by atoms with Crippen LogP contribution in [0.1, 0.15) is 52.5 Å². The number of aliphatic hydroxyl groups is 1. The molecule has 3 saturated heterocycles. The van der Waals surface area contributed by atoms with Crippen LogP contribution in [0.25, 0.3) is 0 Å². The summed E-state index contributed by atoms with van der Waals surface area (Å²) in [4.78, 5) is 48.5. The van der Waals surface area contributed by atoms with Gasteiger partial charge in [0.2, 0.25) is 17.7 Å². The molecule has 3 amide bonds. The van der Waals surface area contributed by atoms with Crippen LogP contribution < -0.4 is 0 Å². The van der Waals surface area contributed by atoms with Crippen molar-refractivity contribution in [2.45, 2.75) is 81.6 Å². The Labute approximate surface area is 243 Å². The number of likely N-dealkylation sites (tertiary alicyclic amines) is 1. The van der Waals surface area contributed by atoms with Crippen molar-refractivity contribution in [1.29, 1.82) is 0 Å². The fourth-order valence-corrected chi connectivity index (χ4v) is 9.74. The van der Waals surface area contributed by atoms with Gasteiger partial charge in [-0.05, 0) is 38.2 Å². The zero-order valence-corrected chi connectivity index (χ0v) is 25.2. The van der Waals surface area contributed by atoms with Crippen LogP contribution in [-0.2, 0) is 20.9 Å². The minimum absolute atomic E-state index is 0.0161. The van der Waals surface area contributed by atoms with Crippen molar-refractivity contribution in [1.82, 2.24) is 14.7 Å². The number of carbonyl (C=O) groups is 3. The van der Waals surface area contributed by atoms with Gasteiger partial charge in [0.15, 0.2) is 0 Å². The molecule has 4 rings (SSSR count). The highest BCUT2D eigenvalue weighted by atomic mass is 32.2. The first-order valence-electron chi connectivity index (χ1n) is 14.6. The van der Waals surface area contributed by atoms with E-state index < -0.39 is 28.7 Å². The third-order valence-corrected chi connectivity index (χ3v) is 11.2. The zero-order chi connectivity index (χ0) is 29.2. The lowest BCUT2D eigenvalue weighted by Gasteiger charge is -2.43. The van der Waals surface area contributed by atoms with Gasteiger partial charge in [-0.15, -0.1) is 24.9 Å². The van der Waals surface area contributed by atoms with E-state index in [2.05, 4.69) is 27.0 Å². The summed E-state index contributed by atoms with van der Waals surface area (Å²) in [6.45, 7) is 16.8. The van der Waals surface area contributed by atoms with Gasteiger partial charge in [-0.3, -0.25) is 14.4 Å². The molecule has 3 aliphatic heterocycles. The van der Waals surface area contributed by atoms with E-state index in [9.17, 15) is 19.5 Å². The summed E-state index contributed by atoms with van der Waals surface area (Å²) >= 11 is 1.68. The maximum atomic E-state index is 14.5. The van der Waals surface area contributed by atoms with E-state index in [1.54, 1.807) is 40.6 Å². The Hall–Kier alpha value is -2.58. The number of rotatable bonds is 13. The number of hydrogen-bond donors (Lipinski definition) is 1. The van der Waals surface area contributed by atoms with Crippen LogP contribution in [0, 0.1) is 17.8 Å². The molecule has 7 nitrogen and oxygen atoms in total. The Balaban J connectivity index is 1.76. The molecule has 1 aromatic carbocycles. The molecule has 3 heterocycles. The highest BCUT2D eigenvalue weighted by Crippen LogP contribution is 2.69. The molecule has 218 valence electrons. The number of nitrogens with zero attached hydrogens (tertiary/aromatic N) is 3. The minimum Gasteiger partial charge on any atom is -0.394 e. The summed E-state index contributed by atoms with van der Waals surface area (Å²) in [5.74, 6) is -1.40. The molecule has 1 N–H and O–H groups in total. The molecule has 40 heavy (non-hydrogen) atoms. The summed E-state index contributed by atoms with van der Waals surface area (Å²) in [5.41, 5.74) is 1.02. The molecule has 1 aromatic rings. The van der Waals surface area contributed by atoms with Crippen LogP contribution in [0.5, 0.6) is 0 Å². The molecule has 8 atom stereocenters. The first-order valence-corrected chi connectivity index (χ1v) is 15.5. The van der Waals surface area contributed by atoms with E-state index >= 15 is 0 Å². The maximum Gasteiger partial charge on any atom is 0.247 e. The summed E-state index contributed by atoms with van der Waals surface area (Å²) in [5, 5.41) is 10.2. The smallest absolute Gasteiger partial charge is 0.247 e. The first-order chi connectivity index (χ1) is 19.2. The van der Waals surface area contributed by atoms with Gasteiger partial charge in [0.25, 0.3) is 0 Å². The van der Waals surface area contributed by atoms with Crippen LogP contribution in [0.2, 0.25) is 0 Å². The second-order valence-electron chi connectivity index (χ2n) is 11.7. The highest BCUT2D eigenvalue weighted by Gasteiger charge is 2.76. The third kappa shape index (κ3) is 5.02. The average molecular weight is 568 g/mol. The molecular weight excluding hydrogens is 522 g/mol. The Morgan fingerprint density at radius 2 is 1.85 bits per heavy atom. The van der Waals surface area contributed by atoms with Crippen molar-refractivity contribution < 1.29 is 19.5 Å². The molecule has 2 bridgehead atoms. The molecule has 1 spiro atoms. The fraction of sp³-hybridized carbons (Fsp3) is 0.594. The van der Waals surface area contributed by atoms with Crippen molar-refractivity contribution in [3.05, 3.63) is 61.2 Å². The van der Waals surface area contributed by atoms with Crippen molar-refractivity contribution in [3.8, 4) is 0 Å². The molecular formula is C32H45N3O4S. The van der Waals surface area contributed by atoms with Gasteiger partial charge in [0, 0.05) is 30.9 Å². The van der Waals surface area contributed by atoms with Crippen molar-refractivity contribution in [3.63, 3.8) is 0 Å². The lowest BCUT2D eigenvalue weighted by Crippen LogP contribution is -2.60. The maximum absolute atomic E-state index is 14.5. The van der Waals surface area contributed by atoms with Crippen LogP contribution in [0.15, 0.2) is 55.6 Å². The summed E-state index contributed by atoms with van der Waals surface area (Å²) in [6.07, 6.45) is 6.01. The van der Waals surface area contributed by atoms with Gasteiger partial charge in [0.05, 0.1) is 29.2 Å². The van der Waals surface area contributed by atoms with Crippen molar-refractivity contribution in [2.75, 3.05) is 19.7 Å². The number of benzene rings is 1. The second kappa shape index (κ2) is 12.5. The number of carbonyl (C=O) groups excluding carboxylic acids is 3. The summed E-state index contributed by atoms with van der Waals surface area (Å²) in [6, 6.07) is 8.55. The van der Waals surface area contributed by atoms with E-state index in [1.807, 2.05) is 42.2 Å². The predicted octanol–water partition coefficient (Wildman–Crippen LogP) is 4.12. The topological polar surface area (TPSA) is 81.2 Å². The average Bonchev–Trinajstić information content (AvgIpc) is 3.54. The first kappa shape index (κ1) is 30.4. The second-order valence-corrected chi connectivity index (χ2v) is 13.3. The highest BCUT2D eigenvalue weighted by molar-refractivity contribution is 8.02. The van der Waals surface area contributed by atoms with Gasteiger partial charge < -0.3 is 19.8 Å². The zero-order valence-electron chi connectivity index (χ0n) is 24.4. The summed E-state index contributed by atoms with van der Waals surface area (Å²) in [7, 11) is 0. The Morgan fingerprint density at radius 1 is 1.18 bits per heavy atom. The standard InChI is InChI=1S/C32H45N3O4S/c1-7-13-22(5)34(17-9-3)31(39)28-32-21(4)18-25(40-32)26(27(32)30(38)35(28)23(6)20-36)29(37)33(16-8-2)19-24-14-11-10-12-15-24/h8-12,14-15,21-23,25-28,36H,2-3,7,13,16-20H2,1,4-6H3/t21?,22?,23-,25+,26-,27+,28?,32?/m1/s1. The van der Waals surface area contributed by atoms with Gasteiger partial charge in [0.1, 0.15) is 6.04 Å². The van der Waals surface area contributed by atoms with Crippen LogP contribution >= 0.6 is 11.8 Å². The number of fused-ring (bicyclic) bond motifs is 1. The molecule has 8 heteroatoms. The lowest BCUT2D eigenvalue weighted by molar-refractivity contribution is -0.147. The Morgan fingerprint density at radius 3 is 2.45 bits per heavy atom. The minimum atomic E-state index is -0.740. The van der Waals surface area contributed by atoms with Gasteiger partial charge in [-0.1, -0.05) is 62.8 Å². The van der Waals surface area contributed by atoms with Crippen molar-refractivity contribution >= 4 is 29.5 Å². The molecule has 0 aromatic heterocycles. The van der Waals surface area contributed by atoms with Gasteiger partial charge in [-0.25, -0.2) is 0 Å². The van der Waals surface area contributed by atoms with E-state index in [1.165, 1.54) is 0 Å². The number of aliphatic hydroxyl groups excluding tert-OH is 1. The molecule has 3 fully saturated rings. The third-order valence-electron chi connectivity index (χ3n) is 9.17. The number of hydrogen-bond acceptors (Lipinski definition) is 5. The van der Waals surface area contributed by atoms with Crippen molar-refractivity contribution in [2.24, 2.45) is 17.8 Å². The van der Waals surface area contributed by atoms with Gasteiger partial charge in [-0.2, -0.15) is 0 Å². The lowest BCUT2D eigenvalue weighted by atomic mass is 9.65. The largest absolute Gasteiger partial charge is 0.394 e.